The minimum absolute atomic E-state index is 0.199. The summed E-state index contributed by atoms with van der Waals surface area (Å²) < 4.78 is 16.1. The van der Waals surface area contributed by atoms with E-state index < -0.39 is 23.5 Å². The Morgan fingerprint density at radius 1 is 1.25 bits per heavy atom. The molecule has 0 N–H and O–H groups in total. The van der Waals surface area contributed by atoms with Gasteiger partial charge in [-0.25, -0.2) is 4.79 Å². The van der Waals surface area contributed by atoms with Gasteiger partial charge in [-0.15, -0.1) is 0 Å². The number of carbonyl (C=O) groups is 2. The molecule has 0 aliphatic carbocycles. The summed E-state index contributed by atoms with van der Waals surface area (Å²) in [4.78, 5) is 24.8. The van der Waals surface area contributed by atoms with Gasteiger partial charge >= 0.3 is 11.9 Å². The van der Waals surface area contributed by atoms with Crippen LogP contribution in [0.5, 0.6) is 0 Å². The third-order valence-electron chi connectivity index (χ3n) is 5.35. The fourth-order valence-electron chi connectivity index (χ4n) is 3.27. The van der Waals surface area contributed by atoms with E-state index in [0.717, 1.165) is 25.0 Å². The SMILES string of the molecule is C=C1C(=O)O[C@H](CCCCCCC)[C@@]1(C)C(=O)OCC/C=C\C/C(=C\C)OC. The number of hydrogen-bond donors (Lipinski definition) is 0. The van der Waals surface area contributed by atoms with Crippen LogP contribution in [-0.4, -0.2) is 31.8 Å². The number of cyclic esters (lactones) is 1. The monoisotopic (exact) mass is 392 g/mol. The lowest BCUT2D eigenvalue weighted by atomic mass is 9.78. The molecule has 158 valence electrons. The van der Waals surface area contributed by atoms with Crippen LogP contribution in [0, 0.1) is 5.41 Å². The lowest BCUT2D eigenvalue weighted by molar-refractivity contribution is -0.157. The predicted octanol–water partition coefficient (Wildman–Crippen LogP) is 5.26. The summed E-state index contributed by atoms with van der Waals surface area (Å²) in [5.74, 6) is -0.0295. The fraction of sp³-hybridized carbons (Fsp3) is 0.652. The maximum Gasteiger partial charge on any atom is 0.335 e. The zero-order valence-electron chi connectivity index (χ0n) is 17.9. The van der Waals surface area contributed by atoms with E-state index in [4.69, 9.17) is 14.2 Å². The molecule has 0 unspecified atom stereocenters. The number of esters is 2. The lowest BCUT2D eigenvalue weighted by Gasteiger charge is -2.27. The summed E-state index contributed by atoms with van der Waals surface area (Å²) in [6.45, 7) is 9.87. The molecule has 1 heterocycles. The van der Waals surface area contributed by atoms with E-state index in [1.165, 1.54) is 12.8 Å². The maximum atomic E-state index is 12.7. The normalized spacial score (nSPS) is 22.6. The van der Waals surface area contributed by atoms with Crippen LogP contribution in [0.4, 0.5) is 0 Å². The zero-order valence-corrected chi connectivity index (χ0v) is 17.9. The number of carbonyl (C=O) groups excluding carboxylic acids is 2. The van der Waals surface area contributed by atoms with Crippen molar-refractivity contribution in [1.82, 2.24) is 0 Å². The second-order valence-corrected chi connectivity index (χ2v) is 7.34. The first kappa shape index (κ1) is 24.0. The highest BCUT2D eigenvalue weighted by molar-refractivity contribution is 6.00. The van der Waals surface area contributed by atoms with Gasteiger partial charge in [-0.1, -0.05) is 51.3 Å². The van der Waals surface area contributed by atoms with Crippen molar-refractivity contribution >= 4 is 11.9 Å². The Balaban J connectivity index is 2.53. The van der Waals surface area contributed by atoms with Crippen molar-refractivity contribution in [3.63, 3.8) is 0 Å². The van der Waals surface area contributed by atoms with Gasteiger partial charge in [-0.3, -0.25) is 4.79 Å². The molecule has 1 aliphatic heterocycles. The van der Waals surface area contributed by atoms with E-state index in [1.807, 2.05) is 25.2 Å². The molecule has 0 aromatic rings. The molecule has 0 aromatic heterocycles. The summed E-state index contributed by atoms with van der Waals surface area (Å²) in [5, 5.41) is 0. The zero-order chi connectivity index (χ0) is 21.0. The number of ether oxygens (including phenoxy) is 3. The molecule has 5 nitrogen and oxygen atoms in total. The van der Waals surface area contributed by atoms with Crippen LogP contribution >= 0.6 is 0 Å². The molecular weight excluding hydrogens is 356 g/mol. The Morgan fingerprint density at radius 2 is 1.96 bits per heavy atom. The molecule has 1 aliphatic rings. The molecule has 0 radical (unpaired) electrons. The first-order chi connectivity index (χ1) is 13.4. The molecule has 0 aromatic carbocycles. The molecule has 1 saturated heterocycles. The number of unbranched alkanes of at least 4 members (excludes halogenated alkanes) is 4. The van der Waals surface area contributed by atoms with E-state index in [2.05, 4.69) is 13.5 Å². The maximum absolute atomic E-state index is 12.7. The van der Waals surface area contributed by atoms with Gasteiger partial charge in [-0.05, 0) is 39.2 Å². The Kier molecular flexibility index (Phi) is 10.6. The number of methoxy groups -OCH3 is 1. The molecule has 0 bridgehead atoms. The average molecular weight is 393 g/mol. The van der Waals surface area contributed by atoms with Gasteiger partial charge in [0.15, 0.2) is 0 Å². The summed E-state index contributed by atoms with van der Waals surface area (Å²) in [7, 11) is 1.64. The van der Waals surface area contributed by atoms with Crippen LogP contribution in [0.25, 0.3) is 0 Å². The molecule has 28 heavy (non-hydrogen) atoms. The van der Waals surface area contributed by atoms with E-state index in [9.17, 15) is 9.59 Å². The van der Waals surface area contributed by atoms with Crippen LogP contribution in [0.3, 0.4) is 0 Å². The van der Waals surface area contributed by atoms with Crippen LogP contribution in [-0.2, 0) is 23.8 Å². The van der Waals surface area contributed by atoms with Crippen molar-refractivity contribution in [2.45, 2.75) is 78.2 Å². The average Bonchev–Trinajstić information content (AvgIpc) is 2.91. The van der Waals surface area contributed by atoms with Crippen LogP contribution in [0.2, 0.25) is 0 Å². The van der Waals surface area contributed by atoms with E-state index >= 15 is 0 Å². The van der Waals surface area contributed by atoms with Crippen LogP contribution in [0.15, 0.2) is 36.1 Å². The standard InChI is InChI=1S/C23H36O5/c1-6-8-9-10-13-16-20-23(4,18(3)21(24)28-20)22(25)27-17-14-11-12-15-19(7-2)26-5/h7,11-12,20H,3,6,8-10,13-17H2,1-2,4-5H3/b12-11-,19-7+/t20-,23+/m1/s1. The molecule has 5 heteroatoms. The second kappa shape index (κ2) is 12.4. The Labute approximate surface area is 169 Å². The third kappa shape index (κ3) is 6.54. The summed E-state index contributed by atoms with van der Waals surface area (Å²) in [6.07, 6.45) is 12.8. The van der Waals surface area contributed by atoms with Gasteiger partial charge in [-0.2, -0.15) is 0 Å². The third-order valence-corrected chi connectivity index (χ3v) is 5.35. The lowest BCUT2D eigenvalue weighted by Crippen LogP contribution is -2.39. The van der Waals surface area contributed by atoms with Crippen molar-refractivity contribution in [3.8, 4) is 0 Å². The van der Waals surface area contributed by atoms with Crippen molar-refractivity contribution in [2.24, 2.45) is 5.41 Å². The smallest absolute Gasteiger partial charge is 0.335 e. The van der Waals surface area contributed by atoms with Crippen LogP contribution in [0.1, 0.15) is 72.1 Å². The van der Waals surface area contributed by atoms with Crippen molar-refractivity contribution < 1.29 is 23.8 Å². The van der Waals surface area contributed by atoms with E-state index in [1.54, 1.807) is 14.0 Å². The molecule has 0 saturated carbocycles. The molecule has 0 amide bonds. The molecule has 1 fully saturated rings. The highest BCUT2D eigenvalue weighted by Gasteiger charge is 2.55. The first-order valence-corrected chi connectivity index (χ1v) is 10.3. The Hall–Kier alpha value is -2.04. The fourth-order valence-corrected chi connectivity index (χ4v) is 3.27. The highest BCUT2D eigenvalue weighted by atomic mass is 16.6. The van der Waals surface area contributed by atoms with E-state index in [0.29, 0.717) is 19.3 Å². The molecule has 0 spiro atoms. The van der Waals surface area contributed by atoms with Gasteiger partial charge in [0.2, 0.25) is 0 Å². The first-order valence-electron chi connectivity index (χ1n) is 10.3. The summed E-state index contributed by atoms with van der Waals surface area (Å²) >= 11 is 0. The van der Waals surface area contributed by atoms with Crippen molar-refractivity contribution in [2.75, 3.05) is 13.7 Å². The minimum Gasteiger partial charge on any atom is -0.501 e. The molecule has 1 rings (SSSR count). The number of allylic oxidation sites excluding steroid dienone is 2. The van der Waals surface area contributed by atoms with Crippen molar-refractivity contribution in [3.05, 3.63) is 36.1 Å². The Bertz CT molecular complexity index is 590. The quantitative estimate of drug-likeness (QED) is 0.141. The number of hydrogen-bond acceptors (Lipinski definition) is 5. The Morgan fingerprint density at radius 3 is 2.61 bits per heavy atom. The van der Waals surface area contributed by atoms with Gasteiger partial charge in [0.25, 0.3) is 0 Å². The van der Waals surface area contributed by atoms with Crippen molar-refractivity contribution in [1.29, 1.82) is 0 Å². The topological polar surface area (TPSA) is 61.8 Å². The van der Waals surface area contributed by atoms with Gasteiger partial charge in [0, 0.05) is 6.42 Å². The largest absolute Gasteiger partial charge is 0.501 e. The van der Waals surface area contributed by atoms with Gasteiger partial charge < -0.3 is 14.2 Å². The van der Waals surface area contributed by atoms with Gasteiger partial charge in [0.05, 0.1) is 25.0 Å². The summed E-state index contributed by atoms with van der Waals surface area (Å²) in [5.41, 5.74) is -0.899. The number of rotatable bonds is 13. The predicted molar refractivity (Wildman–Crippen MR) is 111 cm³/mol. The minimum atomic E-state index is -1.10. The second-order valence-electron chi connectivity index (χ2n) is 7.34. The highest BCUT2D eigenvalue weighted by Crippen LogP contribution is 2.42. The van der Waals surface area contributed by atoms with Crippen LogP contribution < -0.4 is 0 Å². The van der Waals surface area contributed by atoms with E-state index in [-0.39, 0.29) is 12.2 Å². The summed E-state index contributed by atoms with van der Waals surface area (Å²) in [6, 6.07) is 0. The molecular formula is C23H36O5. The van der Waals surface area contributed by atoms with Gasteiger partial charge in [0.1, 0.15) is 11.5 Å². The molecule has 2 atom stereocenters.